The van der Waals surface area contributed by atoms with Gasteiger partial charge >= 0.3 is 0 Å². The van der Waals surface area contributed by atoms with Crippen LogP contribution in [0.2, 0.25) is 5.02 Å². The summed E-state index contributed by atoms with van der Waals surface area (Å²) in [5.74, 6) is 0.0384. The largest absolute Gasteiger partial charge is 0.504 e. The fourth-order valence-electron chi connectivity index (χ4n) is 1.61. The molecular formula is C15H15ClN2O4. The summed E-state index contributed by atoms with van der Waals surface area (Å²) in [5, 5.41) is 13.9. The number of hydrazone groups is 1. The summed E-state index contributed by atoms with van der Waals surface area (Å²) in [4.78, 5) is 11.8. The van der Waals surface area contributed by atoms with Crippen LogP contribution < -0.4 is 10.2 Å². The lowest BCUT2D eigenvalue weighted by molar-refractivity contribution is 0.0955. The molecule has 0 bridgehead atoms. The molecule has 0 radical (unpaired) electrons. The van der Waals surface area contributed by atoms with Gasteiger partial charge in [-0.3, -0.25) is 4.79 Å². The van der Waals surface area contributed by atoms with Gasteiger partial charge in [0.05, 0.1) is 13.3 Å². The summed E-state index contributed by atoms with van der Waals surface area (Å²) in [6.45, 7) is 0. The van der Waals surface area contributed by atoms with Crippen molar-refractivity contribution < 1.29 is 20.1 Å². The van der Waals surface area contributed by atoms with E-state index < -0.39 is 0 Å². The third-order valence-corrected chi connectivity index (χ3v) is 2.94. The highest BCUT2D eigenvalue weighted by atomic mass is 35.5. The number of aromatic hydroxyl groups is 1. The molecule has 22 heavy (non-hydrogen) atoms. The van der Waals surface area contributed by atoms with Gasteiger partial charge in [-0.2, -0.15) is 5.10 Å². The van der Waals surface area contributed by atoms with Crippen molar-refractivity contribution in [1.29, 1.82) is 0 Å². The van der Waals surface area contributed by atoms with Crippen molar-refractivity contribution in [2.75, 3.05) is 7.11 Å². The van der Waals surface area contributed by atoms with Gasteiger partial charge in [0.15, 0.2) is 11.5 Å². The van der Waals surface area contributed by atoms with Crippen LogP contribution in [-0.2, 0) is 0 Å². The summed E-state index contributed by atoms with van der Waals surface area (Å²) in [5.41, 5.74) is 3.54. The molecule has 0 aliphatic rings. The smallest absolute Gasteiger partial charge is 0.271 e. The van der Waals surface area contributed by atoms with Gasteiger partial charge in [0.1, 0.15) is 0 Å². The zero-order valence-corrected chi connectivity index (χ0v) is 12.5. The van der Waals surface area contributed by atoms with Gasteiger partial charge in [0, 0.05) is 10.6 Å². The number of benzene rings is 2. The maximum absolute atomic E-state index is 11.8. The highest BCUT2D eigenvalue weighted by molar-refractivity contribution is 6.30. The molecule has 4 N–H and O–H groups in total. The van der Waals surface area contributed by atoms with Crippen molar-refractivity contribution >= 4 is 23.7 Å². The minimum absolute atomic E-state index is 0. The van der Waals surface area contributed by atoms with Crippen LogP contribution in [-0.4, -0.2) is 29.8 Å². The summed E-state index contributed by atoms with van der Waals surface area (Å²) < 4.78 is 4.98. The number of nitrogens with one attached hydrogen (secondary N) is 1. The molecule has 0 saturated heterocycles. The quantitative estimate of drug-likeness (QED) is 0.664. The van der Waals surface area contributed by atoms with Crippen molar-refractivity contribution in [2.45, 2.75) is 0 Å². The minimum Gasteiger partial charge on any atom is -0.504 e. The minimum atomic E-state index is -0.339. The number of halogens is 1. The van der Waals surface area contributed by atoms with Crippen LogP contribution in [0.4, 0.5) is 0 Å². The average molecular weight is 323 g/mol. The first-order chi connectivity index (χ1) is 10.1. The SMILES string of the molecule is COc1cc(C=NNC(=O)c2ccc(Cl)cc2)ccc1O.O. The lowest BCUT2D eigenvalue weighted by atomic mass is 10.2. The van der Waals surface area contributed by atoms with Gasteiger partial charge in [-0.05, 0) is 48.0 Å². The van der Waals surface area contributed by atoms with Crippen LogP contribution >= 0.6 is 11.6 Å². The van der Waals surface area contributed by atoms with Crippen LogP contribution in [0, 0.1) is 0 Å². The standard InChI is InChI=1S/C15H13ClN2O3.H2O/c1-21-14-8-10(2-7-13(14)19)9-17-18-15(20)11-3-5-12(16)6-4-11;/h2-9,19H,1H3,(H,18,20);1H2. The summed E-state index contributed by atoms with van der Waals surface area (Å²) in [7, 11) is 1.46. The van der Waals surface area contributed by atoms with E-state index >= 15 is 0 Å². The number of phenols is 1. The van der Waals surface area contributed by atoms with Crippen molar-refractivity contribution in [3.63, 3.8) is 0 Å². The first kappa shape index (κ1) is 17.5. The summed E-state index contributed by atoms with van der Waals surface area (Å²) >= 11 is 5.75. The molecular weight excluding hydrogens is 308 g/mol. The Bertz CT molecular complexity index is 672. The van der Waals surface area contributed by atoms with Crippen LogP contribution in [0.1, 0.15) is 15.9 Å². The molecule has 116 valence electrons. The normalized spacial score (nSPS) is 10.1. The van der Waals surface area contributed by atoms with Gasteiger partial charge in [0.2, 0.25) is 0 Å². The Morgan fingerprint density at radius 1 is 1.27 bits per heavy atom. The Morgan fingerprint density at radius 3 is 2.59 bits per heavy atom. The third kappa shape index (κ3) is 4.47. The van der Waals surface area contributed by atoms with E-state index in [1.165, 1.54) is 19.4 Å². The van der Waals surface area contributed by atoms with Crippen molar-refractivity contribution in [1.82, 2.24) is 5.43 Å². The van der Waals surface area contributed by atoms with Crippen LogP contribution in [0.3, 0.4) is 0 Å². The van der Waals surface area contributed by atoms with Gasteiger partial charge in [-0.15, -0.1) is 0 Å². The fourth-order valence-corrected chi connectivity index (χ4v) is 1.73. The van der Waals surface area contributed by atoms with Crippen LogP contribution in [0.25, 0.3) is 0 Å². The molecule has 0 aromatic heterocycles. The molecule has 2 aromatic carbocycles. The molecule has 0 saturated carbocycles. The first-order valence-electron chi connectivity index (χ1n) is 6.06. The Balaban J connectivity index is 0.00000242. The lowest BCUT2D eigenvalue weighted by Crippen LogP contribution is -2.17. The molecule has 0 aliphatic carbocycles. The lowest BCUT2D eigenvalue weighted by Gasteiger charge is -2.03. The molecule has 2 rings (SSSR count). The van der Waals surface area contributed by atoms with Gasteiger partial charge in [-0.25, -0.2) is 5.43 Å². The number of hydrogen-bond acceptors (Lipinski definition) is 4. The highest BCUT2D eigenvalue weighted by Crippen LogP contribution is 2.25. The Morgan fingerprint density at radius 2 is 1.95 bits per heavy atom. The molecule has 0 spiro atoms. The topological polar surface area (TPSA) is 102 Å². The molecule has 0 heterocycles. The molecule has 0 unspecified atom stereocenters. The third-order valence-electron chi connectivity index (χ3n) is 2.69. The molecule has 1 amide bonds. The van der Waals surface area contributed by atoms with E-state index in [9.17, 15) is 9.90 Å². The predicted octanol–water partition coefficient (Wildman–Crippen LogP) is 1.99. The molecule has 0 fully saturated rings. The number of nitrogens with zero attached hydrogens (tertiary/aromatic N) is 1. The Labute approximate surface area is 132 Å². The molecule has 7 heteroatoms. The number of rotatable bonds is 4. The van der Waals surface area contributed by atoms with Crippen LogP contribution in [0.15, 0.2) is 47.6 Å². The van der Waals surface area contributed by atoms with E-state index in [0.717, 1.165) is 0 Å². The predicted molar refractivity (Wildman–Crippen MR) is 84.8 cm³/mol. The summed E-state index contributed by atoms with van der Waals surface area (Å²) in [6.07, 6.45) is 1.45. The average Bonchev–Trinajstić information content (AvgIpc) is 2.49. The number of carbonyl (C=O) groups is 1. The summed E-state index contributed by atoms with van der Waals surface area (Å²) in [6, 6.07) is 11.2. The van der Waals surface area contributed by atoms with E-state index in [2.05, 4.69) is 10.5 Å². The second kappa shape index (κ2) is 8.02. The van der Waals surface area contributed by atoms with E-state index in [0.29, 0.717) is 21.9 Å². The number of methoxy groups -OCH3 is 1. The fraction of sp³-hybridized carbons (Fsp3) is 0.0667. The zero-order chi connectivity index (χ0) is 15.2. The molecule has 6 nitrogen and oxygen atoms in total. The zero-order valence-electron chi connectivity index (χ0n) is 11.7. The maximum Gasteiger partial charge on any atom is 0.271 e. The maximum atomic E-state index is 11.8. The van der Waals surface area contributed by atoms with Crippen molar-refractivity contribution in [3.8, 4) is 11.5 Å². The van der Waals surface area contributed by atoms with E-state index in [1.54, 1.807) is 36.4 Å². The second-order valence-corrected chi connectivity index (χ2v) is 4.57. The molecule has 0 aliphatic heterocycles. The number of ether oxygens (including phenoxy) is 1. The number of hydrogen-bond donors (Lipinski definition) is 2. The number of phenolic OH excluding ortho intramolecular Hbond substituents is 1. The highest BCUT2D eigenvalue weighted by Gasteiger charge is 2.04. The van der Waals surface area contributed by atoms with E-state index in [4.69, 9.17) is 16.3 Å². The number of amides is 1. The molecule has 2 aromatic rings. The Kier molecular flexibility index (Phi) is 6.37. The van der Waals surface area contributed by atoms with Crippen LogP contribution in [0.5, 0.6) is 11.5 Å². The molecule has 0 atom stereocenters. The van der Waals surface area contributed by atoms with Gasteiger partial charge in [-0.1, -0.05) is 11.6 Å². The van der Waals surface area contributed by atoms with Crippen molar-refractivity contribution in [2.24, 2.45) is 5.10 Å². The van der Waals surface area contributed by atoms with Crippen molar-refractivity contribution in [3.05, 3.63) is 58.6 Å². The van der Waals surface area contributed by atoms with Gasteiger partial charge in [0.25, 0.3) is 5.91 Å². The van der Waals surface area contributed by atoms with E-state index in [-0.39, 0.29) is 17.1 Å². The monoisotopic (exact) mass is 322 g/mol. The first-order valence-corrected chi connectivity index (χ1v) is 6.44. The Hall–Kier alpha value is -2.57. The van der Waals surface area contributed by atoms with Gasteiger partial charge < -0.3 is 15.3 Å². The van der Waals surface area contributed by atoms with E-state index in [1.807, 2.05) is 0 Å². The second-order valence-electron chi connectivity index (χ2n) is 4.14. The number of carbonyl (C=O) groups excluding carboxylic acids is 1.